The van der Waals surface area contributed by atoms with Crippen LogP contribution < -0.4 is 10.6 Å². The zero-order valence-corrected chi connectivity index (χ0v) is 13.6. The first-order valence-electron chi connectivity index (χ1n) is 7.29. The van der Waals surface area contributed by atoms with E-state index >= 15 is 0 Å². The molecule has 2 N–H and O–H groups in total. The second kappa shape index (κ2) is 8.79. The Morgan fingerprint density at radius 3 is 2.52 bits per heavy atom. The minimum absolute atomic E-state index is 0. The van der Waals surface area contributed by atoms with Gasteiger partial charge in [0.2, 0.25) is 11.8 Å². The Labute approximate surface area is 139 Å². The van der Waals surface area contributed by atoms with Crippen LogP contribution in [0.5, 0.6) is 0 Å². The number of anilines is 1. The van der Waals surface area contributed by atoms with Gasteiger partial charge in [0.25, 0.3) is 0 Å². The molecule has 1 aromatic carbocycles. The number of carbonyl (C=O) groups is 2. The van der Waals surface area contributed by atoms with Gasteiger partial charge in [0.1, 0.15) is 17.3 Å². The van der Waals surface area contributed by atoms with Crippen molar-refractivity contribution in [3.63, 3.8) is 0 Å². The van der Waals surface area contributed by atoms with Crippen LogP contribution in [0.1, 0.15) is 19.8 Å². The number of likely N-dealkylation sites (N-methyl/N-ethyl adjacent to an activating group) is 1. The molecule has 23 heavy (non-hydrogen) atoms. The van der Waals surface area contributed by atoms with E-state index in [-0.39, 0.29) is 30.9 Å². The molecule has 1 unspecified atom stereocenters. The molecule has 1 fully saturated rings. The summed E-state index contributed by atoms with van der Waals surface area (Å²) in [6.07, 6.45) is 1.65. The van der Waals surface area contributed by atoms with E-state index in [0.29, 0.717) is 6.54 Å². The van der Waals surface area contributed by atoms with Gasteiger partial charge in [-0.05, 0) is 38.4 Å². The second-order valence-electron chi connectivity index (χ2n) is 5.15. The van der Waals surface area contributed by atoms with Crippen molar-refractivity contribution in [1.82, 2.24) is 10.2 Å². The molecule has 0 bridgehead atoms. The van der Waals surface area contributed by atoms with E-state index in [1.807, 2.05) is 0 Å². The lowest BCUT2D eigenvalue weighted by Crippen LogP contribution is -2.46. The number of rotatable bonds is 5. The smallest absolute Gasteiger partial charge is 0.244 e. The zero-order chi connectivity index (χ0) is 16.1. The van der Waals surface area contributed by atoms with E-state index < -0.39 is 23.2 Å². The Balaban J connectivity index is 0.00000264. The Hall–Kier alpha value is -1.73. The topological polar surface area (TPSA) is 61.4 Å². The van der Waals surface area contributed by atoms with Gasteiger partial charge in [0, 0.05) is 6.54 Å². The molecular formula is C15H20ClF2N3O2. The monoisotopic (exact) mass is 347 g/mol. The van der Waals surface area contributed by atoms with Crippen molar-refractivity contribution in [2.75, 3.05) is 25.0 Å². The minimum Gasteiger partial charge on any atom is -0.332 e. The molecule has 2 rings (SSSR count). The molecule has 5 nitrogen and oxygen atoms in total. The van der Waals surface area contributed by atoms with Gasteiger partial charge in [-0.15, -0.1) is 12.4 Å². The molecule has 0 saturated carbocycles. The number of hydrogen-bond donors (Lipinski definition) is 2. The van der Waals surface area contributed by atoms with E-state index in [1.54, 1.807) is 6.92 Å². The van der Waals surface area contributed by atoms with E-state index in [4.69, 9.17) is 0 Å². The second-order valence-corrected chi connectivity index (χ2v) is 5.15. The average molecular weight is 348 g/mol. The Bertz CT molecular complexity index is 545. The van der Waals surface area contributed by atoms with Crippen molar-refractivity contribution in [2.45, 2.75) is 25.8 Å². The zero-order valence-electron chi connectivity index (χ0n) is 12.8. The van der Waals surface area contributed by atoms with Crippen LogP contribution in [-0.2, 0) is 9.59 Å². The standard InChI is InChI=1S/C15H19F2N3O2.ClH/c1-2-20(15(22)12-7-4-8-18-12)9-13(21)19-14-10(16)5-3-6-11(14)17;/h3,5-6,12,18H,2,4,7-9H2,1H3,(H,19,21);1H. The van der Waals surface area contributed by atoms with Crippen molar-refractivity contribution in [3.05, 3.63) is 29.8 Å². The molecule has 8 heteroatoms. The number of nitrogens with one attached hydrogen (secondary N) is 2. The molecule has 2 amide bonds. The van der Waals surface area contributed by atoms with Gasteiger partial charge in [0.05, 0.1) is 12.6 Å². The highest BCUT2D eigenvalue weighted by atomic mass is 35.5. The highest BCUT2D eigenvalue weighted by Gasteiger charge is 2.27. The van der Waals surface area contributed by atoms with Crippen molar-refractivity contribution in [1.29, 1.82) is 0 Å². The summed E-state index contributed by atoms with van der Waals surface area (Å²) >= 11 is 0. The van der Waals surface area contributed by atoms with Gasteiger partial charge < -0.3 is 15.5 Å². The van der Waals surface area contributed by atoms with Crippen molar-refractivity contribution in [3.8, 4) is 0 Å². The van der Waals surface area contributed by atoms with Crippen LogP contribution in [0, 0.1) is 11.6 Å². The summed E-state index contributed by atoms with van der Waals surface area (Å²) in [5.74, 6) is -2.48. The summed E-state index contributed by atoms with van der Waals surface area (Å²) in [5, 5.41) is 5.25. The van der Waals surface area contributed by atoms with Gasteiger partial charge >= 0.3 is 0 Å². The quantitative estimate of drug-likeness (QED) is 0.855. The number of benzene rings is 1. The molecule has 0 aromatic heterocycles. The summed E-state index contributed by atoms with van der Waals surface area (Å²) < 4.78 is 27.0. The van der Waals surface area contributed by atoms with Gasteiger partial charge in [-0.25, -0.2) is 8.78 Å². The van der Waals surface area contributed by atoms with E-state index in [0.717, 1.165) is 31.5 Å². The molecule has 1 saturated heterocycles. The van der Waals surface area contributed by atoms with Gasteiger partial charge in [-0.2, -0.15) is 0 Å². The van der Waals surface area contributed by atoms with Gasteiger partial charge in [-0.1, -0.05) is 6.07 Å². The molecule has 0 aliphatic carbocycles. The third kappa shape index (κ3) is 4.87. The SMILES string of the molecule is CCN(CC(=O)Nc1c(F)cccc1F)C(=O)C1CCCN1.Cl. The number of para-hydroxylation sites is 1. The molecular weight excluding hydrogens is 328 g/mol. The predicted molar refractivity (Wildman–Crippen MR) is 85.5 cm³/mol. The van der Waals surface area contributed by atoms with Crippen LogP contribution in [0.3, 0.4) is 0 Å². The molecule has 1 aliphatic heterocycles. The van der Waals surface area contributed by atoms with Crippen LogP contribution >= 0.6 is 12.4 Å². The molecule has 1 aromatic rings. The fourth-order valence-corrected chi connectivity index (χ4v) is 2.43. The van der Waals surface area contributed by atoms with E-state index in [9.17, 15) is 18.4 Å². The highest BCUT2D eigenvalue weighted by Crippen LogP contribution is 2.18. The van der Waals surface area contributed by atoms with E-state index in [1.165, 1.54) is 11.0 Å². The first kappa shape index (κ1) is 19.3. The van der Waals surface area contributed by atoms with Crippen LogP contribution in [0.2, 0.25) is 0 Å². The third-order valence-corrected chi connectivity index (χ3v) is 3.61. The van der Waals surface area contributed by atoms with Crippen LogP contribution in [0.15, 0.2) is 18.2 Å². The summed E-state index contributed by atoms with van der Waals surface area (Å²) in [5.41, 5.74) is -0.491. The molecule has 1 heterocycles. The van der Waals surface area contributed by atoms with E-state index in [2.05, 4.69) is 10.6 Å². The fourth-order valence-electron chi connectivity index (χ4n) is 2.43. The minimum atomic E-state index is -0.847. The maximum absolute atomic E-state index is 13.5. The fraction of sp³-hybridized carbons (Fsp3) is 0.467. The summed E-state index contributed by atoms with van der Waals surface area (Å²) in [4.78, 5) is 25.6. The predicted octanol–water partition coefficient (Wildman–Crippen LogP) is 1.93. The lowest BCUT2D eigenvalue weighted by atomic mass is 10.2. The average Bonchev–Trinajstić information content (AvgIpc) is 3.02. The number of nitrogens with zero attached hydrogens (tertiary/aromatic N) is 1. The van der Waals surface area contributed by atoms with Gasteiger partial charge in [-0.3, -0.25) is 9.59 Å². The molecule has 1 aliphatic rings. The molecule has 0 radical (unpaired) electrons. The van der Waals surface area contributed by atoms with Crippen molar-refractivity contribution < 1.29 is 18.4 Å². The highest BCUT2D eigenvalue weighted by molar-refractivity contribution is 5.95. The maximum atomic E-state index is 13.5. The number of hydrogen-bond acceptors (Lipinski definition) is 3. The first-order chi connectivity index (χ1) is 10.5. The Kier molecular flexibility index (Phi) is 7.38. The number of amides is 2. The molecule has 128 valence electrons. The van der Waals surface area contributed by atoms with Crippen LogP contribution in [0.25, 0.3) is 0 Å². The lowest BCUT2D eigenvalue weighted by molar-refractivity contribution is -0.136. The Morgan fingerprint density at radius 1 is 1.35 bits per heavy atom. The van der Waals surface area contributed by atoms with Gasteiger partial charge in [0.15, 0.2) is 0 Å². The number of halogens is 3. The molecule has 1 atom stereocenters. The lowest BCUT2D eigenvalue weighted by Gasteiger charge is -2.23. The third-order valence-electron chi connectivity index (χ3n) is 3.61. The normalized spacial score (nSPS) is 16.6. The summed E-state index contributed by atoms with van der Waals surface area (Å²) in [6, 6.07) is 3.06. The largest absolute Gasteiger partial charge is 0.332 e. The summed E-state index contributed by atoms with van der Waals surface area (Å²) in [7, 11) is 0. The van der Waals surface area contributed by atoms with Crippen molar-refractivity contribution >= 4 is 29.9 Å². The van der Waals surface area contributed by atoms with Crippen molar-refractivity contribution in [2.24, 2.45) is 0 Å². The maximum Gasteiger partial charge on any atom is 0.244 e. The molecule has 0 spiro atoms. The van der Waals surface area contributed by atoms with Crippen LogP contribution in [0.4, 0.5) is 14.5 Å². The first-order valence-corrected chi connectivity index (χ1v) is 7.29. The number of carbonyl (C=O) groups excluding carboxylic acids is 2. The Morgan fingerprint density at radius 2 is 2.00 bits per heavy atom. The summed E-state index contributed by atoms with van der Waals surface area (Å²) in [6.45, 7) is 2.65. The van der Waals surface area contributed by atoms with Crippen LogP contribution in [-0.4, -0.2) is 42.4 Å².